The van der Waals surface area contributed by atoms with Gasteiger partial charge in [0.15, 0.2) is 0 Å². The number of hydrogen-bond donors (Lipinski definition) is 1. The number of nitrogens with one attached hydrogen (secondary N) is 1. The van der Waals surface area contributed by atoms with Crippen molar-refractivity contribution in [1.82, 2.24) is 4.98 Å². The first-order valence-corrected chi connectivity index (χ1v) is 6.10. The van der Waals surface area contributed by atoms with Gasteiger partial charge in [-0.05, 0) is 6.07 Å². The quantitative estimate of drug-likeness (QED) is 0.668. The summed E-state index contributed by atoms with van der Waals surface area (Å²) in [6, 6.07) is 3.44. The number of nitro benzene ring substituents is 1. The van der Waals surface area contributed by atoms with Gasteiger partial charge in [0.05, 0.1) is 16.0 Å². The minimum atomic E-state index is -0.624. The largest absolute Gasteiger partial charge is 0.384 e. The Morgan fingerprint density at radius 2 is 2.28 bits per heavy atom. The molecular weight excluding hydrogens is 257 g/mol. The molecule has 0 aliphatic carbocycles. The Morgan fingerprint density at radius 3 is 2.94 bits per heavy atom. The molecule has 0 saturated carbocycles. The molecule has 0 unspecified atom stereocenters. The molecule has 0 saturated heterocycles. The molecule has 7 heteroatoms. The predicted octanol–water partition coefficient (Wildman–Crippen LogP) is 2.85. The van der Waals surface area contributed by atoms with Crippen molar-refractivity contribution in [2.24, 2.45) is 0 Å². The van der Waals surface area contributed by atoms with Gasteiger partial charge in [-0.15, -0.1) is 11.3 Å². The van der Waals surface area contributed by atoms with E-state index in [1.165, 1.54) is 23.5 Å². The Balaban J connectivity index is 1.98. The van der Waals surface area contributed by atoms with Crippen molar-refractivity contribution < 1.29 is 9.31 Å². The van der Waals surface area contributed by atoms with Crippen molar-refractivity contribution in [3.05, 3.63) is 50.7 Å². The Kier molecular flexibility index (Phi) is 3.83. The first kappa shape index (κ1) is 12.4. The number of hydrogen-bond acceptors (Lipinski definition) is 5. The maximum Gasteiger partial charge on any atom is 0.274 e. The van der Waals surface area contributed by atoms with Gasteiger partial charge >= 0.3 is 0 Å². The third kappa shape index (κ3) is 3.24. The molecule has 0 spiro atoms. The van der Waals surface area contributed by atoms with Gasteiger partial charge in [0.25, 0.3) is 5.69 Å². The highest BCUT2D eigenvalue weighted by Gasteiger charge is 2.09. The van der Waals surface area contributed by atoms with Gasteiger partial charge in [0, 0.05) is 36.3 Å². The summed E-state index contributed by atoms with van der Waals surface area (Å²) in [5, 5.41) is 16.4. The standard InChI is InChI=1S/C11H10FN3O2S/c12-8-5-9(7-10(6-8)15(16)17)13-2-1-11-14-3-4-18-11/h3-7,13H,1-2H2. The van der Waals surface area contributed by atoms with E-state index >= 15 is 0 Å². The fourth-order valence-electron chi connectivity index (χ4n) is 1.47. The number of rotatable bonds is 5. The zero-order chi connectivity index (χ0) is 13.0. The Hall–Kier alpha value is -2.02. The lowest BCUT2D eigenvalue weighted by Crippen LogP contribution is -2.05. The topological polar surface area (TPSA) is 68.1 Å². The highest BCUT2D eigenvalue weighted by molar-refractivity contribution is 7.09. The molecule has 18 heavy (non-hydrogen) atoms. The Bertz CT molecular complexity index is 545. The SMILES string of the molecule is O=[N+]([O-])c1cc(F)cc(NCCc2nccs2)c1. The van der Waals surface area contributed by atoms with Crippen molar-refractivity contribution in [2.75, 3.05) is 11.9 Å². The molecule has 0 amide bonds. The maximum atomic E-state index is 13.1. The van der Waals surface area contributed by atoms with Crippen LogP contribution in [0.4, 0.5) is 15.8 Å². The van der Waals surface area contributed by atoms with Crippen LogP contribution in [-0.4, -0.2) is 16.5 Å². The molecule has 0 aliphatic rings. The van der Waals surface area contributed by atoms with Crippen molar-refractivity contribution in [3.63, 3.8) is 0 Å². The van der Waals surface area contributed by atoms with Gasteiger partial charge in [-0.2, -0.15) is 0 Å². The third-order valence-corrected chi connectivity index (χ3v) is 3.08. The molecule has 0 aliphatic heterocycles. The van der Waals surface area contributed by atoms with Crippen LogP contribution in [0.5, 0.6) is 0 Å². The molecular formula is C11H10FN3O2S. The fourth-order valence-corrected chi connectivity index (χ4v) is 2.09. The van der Waals surface area contributed by atoms with Gasteiger partial charge in [-0.25, -0.2) is 9.37 Å². The zero-order valence-corrected chi connectivity index (χ0v) is 10.1. The number of non-ortho nitro benzene ring substituents is 1. The number of anilines is 1. The van der Waals surface area contributed by atoms with Crippen LogP contribution in [0.15, 0.2) is 29.8 Å². The van der Waals surface area contributed by atoms with E-state index < -0.39 is 10.7 Å². The lowest BCUT2D eigenvalue weighted by Gasteiger charge is -2.05. The van der Waals surface area contributed by atoms with Crippen molar-refractivity contribution in [2.45, 2.75) is 6.42 Å². The molecule has 5 nitrogen and oxygen atoms in total. The number of aromatic nitrogens is 1. The first-order chi connectivity index (χ1) is 8.65. The summed E-state index contributed by atoms with van der Waals surface area (Å²) < 4.78 is 13.1. The maximum absolute atomic E-state index is 13.1. The summed E-state index contributed by atoms with van der Waals surface area (Å²) in [6.07, 6.45) is 2.41. The van der Waals surface area contributed by atoms with Gasteiger partial charge < -0.3 is 5.32 Å². The highest BCUT2D eigenvalue weighted by atomic mass is 32.1. The molecule has 1 heterocycles. The summed E-state index contributed by atoms with van der Waals surface area (Å²) in [6.45, 7) is 0.550. The molecule has 0 radical (unpaired) electrons. The second kappa shape index (κ2) is 5.54. The number of halogens is 1. The van der Waals surface area contributed by atoms with Crippen molar-refractivity contribution >= 4 is 22.7 Å². The first-order valence-electron chi connectivity index (χ1n) is 5.22. The molecule has 2 rings (SSSR count). The number of benzene rings is 1. The van der Waals surface area contributed by atoms with Crippen LogP contribution >= 0.6 is 11.3 Å². The lowest BCUT2D eigenvalue weighted by molar-refractivity contribution is -0.385. The van der Waals surface area contributed by atoms with Crippen molar-refractivity contribution in [1.29, 1.82) is 0 Å². The zero-order valence-electron chi connectivity index (χ0n) is 9.30. The van der Waals surface area contributed by atoms with Crippen LogP contribution in [0.3, 0.4) is 0 Å². The van der Waals surface area contributed by atoms with Crippen LogP contribution in [0.1, 0.15) is 5.01 Å². The minimum Gasteiger partial charge on any atom is -0.384 e. The minimum absolute atomic E-state index is 0.258. The molecule has 1 aromatic heterocycles. The molecule has 0 fully saturated rings. The second-order valence-electron chi connectivity index (χ2n) is 3.56. The fraction of sp³-hybridized carbons (Fsp3) is 0.182. The van der Waals surface area contributed by atoms with Crippen molar-refractivity contribution in [3.8, 4) is 0 Å². The Labute approximate surface area is 106 Å². The smallest absolute Gasteiger partial charge is 0.274 e. The third-order valence-electron chi connectivity index (χ3n) is 2.24. The van der Waals surface area contributed by atoms with Crippen LogP contribution in [0.2, 0.25) is 0 Å². The molecule has 0 bridgehead atoms. The summed E-state index contributed by atoms with van der Waals surface area (Å²) in [5.74, 6) is -0.624. The molecule has 0 atom stereocenters. The van der Waals surface area contributed by atoms with E-state index in [2.05, 4.69) is 10.3 Å². The van der Waals surface area contributed by atoms with E-state index in [1.54, 1.807) is 6.20 Å². The Morgan fingerprint density at radius 1 is 1.44 bits per heavy atom. The van der Waals surface area contributed by atoms with Crippen LogP contribution < -0.4 is 5.32 Å². The summed E-state index contributed by atoms with van der Waals surface area (Å²) in [7, 11) is 0. The summed E-state index contributed by atoms with van der Waals surface area (Å²) in [5.41, 5.74) is 0.144. The number of thiazole rings is 1. The molecule has 2 aromatic rings. The average molecular weight is 267 g/mol. The van der Waals surface area contributed by atoms with E-state index in [9.17, 15) is 14.5 Å². The summed E-state index contributed by atoms with van der Waals surface area (Å²) in [4.78, 5) is 14.1. The molecule has 1 N–H and O–H groups in total. The predicted molar refractivity (Wildman–Crippen MR) is 67.4 cm³/mol. The van der Waals surface area contributed by atoms with Gasteiger partial charge in [-0.1, -0.05) is 0 Å². The van der Waals surface area contributed by atoms with Gasteiger partial charge in [0.1, 0.15) is 5.82 Å². The number of nitro groups is 1. The van der Waals surface area contributed by atoms with E-state index in [-0.39, 0.29) is 5.69 Å². The molecule has 1 aromatic carbocycles. The van der Waals surface area contributed by atoms with E-state index in [0.717, 1.165) is 11.1 Å². The van der Waals surface area contributed by atoms with E-state index in [0.29, 0.717) is 18.7 Å². The summed E-state index contributed by atoms with van der Waals surface area (Å²) >= 11 is 1.54. The molecule has 94 valence electrons. The monoisotopic (exact) mass is 267 g/mol. The van der Waals surface area contributed by atoms with Gasteiger partial charge in [-0.3, -0.25) is 10.1 Å². The highest BCUT2D eigenvalue weighted by Crippen LogP contribution is 2.20. The normalized spacial score (nSPS) is 10.3. The number of nitrogens with zero attached hydrogens (tertiary/aromatic N) is 2. The average Bonchev–Trinajstić information content (AvgIpc) is 2.81. The van der Waals surface area contributed by atoms with Crippen LogP contribution in [-0.2, 0) is 6.42 Å². The van der Waals surface area contributed by atoms with Gasteiger partial charge in [0.2, 0.25) is 0 Å². The lowest BCUT2D eigenvalue weighted by atomic mass is 10.2. The second-order valence-corrected chi connectivity index (χ2v) is 4.54. The van der Waals surface area contributed by atoms with E-state index in [4.69, 9.17) is 0 Å². The van der Waals surface area contributed by atoms with E-state index in [1.807, 2.05) is 5.38 Å². The van der Waals surface area contributed by atoms with Crippen LogP contribution in [0, 0.1) is 15.9 Å². The van der Waals surface area contributed by atoms with Crippen LogP contribution in [0.25, 0.3) is 0 Å².